The van der Waals surface area contributed by atoms with Crippen LogP contribution >= 0.6 is 0 Å². The van der Waals surface area contributed by atoms with Gasteiger partial charge in [-0.1, -0.05) is 39.0 Å². The molecule has 0 bridgehead atoms. The number of hydrogen-bond donors (Lipinski definition) is 1. The Bertz CT molecular complexity index is 525. The number of para-hydroxylation sites is 1. The number of hydrogen-bond acceptors (Lipinski definition) is 3. The molecule has 0 spiro atoms. The molecule has 1 heterocycles. The molecule has 2 atom stereocenters. The van der Waals surface area contributed by atoms with Crippen molar-refractivity contribution in [3.05, 3.63) is 29.3 Å². The van der Waals surface area contributed by atoms with Gasteiger partial charge in [0.05, 0.1) is 12.7 Å². The molecule has 1 aromatic carbocycles. The van der Waals surface area contributed by atoms with Crippen molar-refractivity contribution in [3.8, 4) is 0 Å². The van der Waals surface area contributed by atoms with Gasteiger partial charge in [0.2, 0.25) is 0 Å². The lowest BCUT2D eigenvalue weighted by Gasteiger charge is -2.41. The van der Waals surface area contributed by atoms with Gasteiger partial charge in [0, 0.05) is 30.3 Å². The largest absolute Gasteiger partial charge is 0.413 e. The Morgan fingerprint density at radius 2 is 2.04 bits per heavy atom. The number of anilines is 1. The Balaban J connectivity index is 2.57. The van der Waals surface area contributed by atoms with Crippen molar-refractivity contribution in [2.75, 3.05) is 24.6 Å². The molecule has 1 N–H and O–H groups in total. The number of nitrogens with zero attached hydrogens (tertiary/aromatic N) is 1. The first kappa shape index (κ1) is 18.5. The lowest BCUT2D eigenvalue weighted by atomic mass is 9.80. The molecule has 0 aromatic heterocycles. The van der Waals surface area contributed by atoms with Crippen molar-refractivity contribution in [1.29, 1.82) is 0 Å². The van der Waals surface area contributed by atoms with Crippen LogP contribution < -0.4 is 4.90 Å². The molecule has 0 saturated carbocycles. The van der Waals surface area contributed by atoms with Gasteiger partial charge in [-0.15, -0.1) is 0 Å². The lowest BCUT2D eigenvalue weighted by molar-refractivity contribution is 0.0867. The molecule has 23 heavy (non-hydrogen) atoms. The summed E-state index contributed by atoms with van der Waals surface area (Å²) in [5.41, 5.74) is 3.96. The summed E-state index contributed by atoms with van der Waals surface area (Å²) in [6.07, 6.45) is 1.14. The van der Waals surface area contributed by atoms with Crippen molar-refractivity contribution in [1.82, 2.24) is 0 Å². The van der Waals surface area contributed by atoms with Crippen LogP contribution in [0, 0.1) is 5.41 Å². The molecule has 3 nitrogen and oxygen atoms in total. The van der Waals surface area contributed by atoms with Gasteiger partial charge in [-0.2, -0.15) is 0 Å². The van der Waals surface area contributed by atoms with E-state index in [1.807, 2.05) is 0 Å². The van der Waals surface area contributed by atoms with Crippen LogP contribution in [-0.4, -0.2) is 33.8 Å². The normalized spacial score (nSPS) is 19.8. The minimum Gasteiger partial charge on any atom is -0.413 e. The van der Waals surface area contributed by atoms with E-state index in [9.17, 15) is 5.11 Å². The monoisotopic (exact) mass is 335 g/mol. The Morgan fingerprint density at radius 3 is 2.57 bits per heavy atom. The molecular formula is C19H33NO2Si. The smallest absolute Gasteiger partial charge is 0.171 e. The zero-order valence-corrected chi connectivity index (χ0v) is 16.7. The van der Waals surface area contributed by atoms with E-state index in [4.69, 9.17) is 4.43 Å². The number of aliphatic hydroxyl groups is 1. The molecule has 0 amide bonds. The van der Waals surface area contributed by atoms with Crippen LogP contribution in [0.3, 0.4) is 0 Å². The van der Waals surface area contributed by atoms with E-state index in [2.05, 4.69) is 63.9 Å². The standard InChI is InChI=1S/C19H33NO2Si/c1-7-20-12-11-14(13-21)15-9-8-10-16(17(15)20)18(19(2,3)4)22-23(5)6/h8-10,14,18,21,23H,7,11-13H2,1-6H3. The van der Waals surface area contributed by atoms with Gasteiger partial charge in [-0.05, 0) is 37.4 Å². The Morgan fingerprint density at radius 1 is 1.35 bits per heavy atom. The molecule has 0 saturated heterocycles. The zero-order valence-electron chi connectivity index (χ0n) is 15.6. The van der Waals surface area contributed by atoms with Crippen LogP contribution in [0.2, 0.25) is 13.1 Å². The molecule has 2 unspecified atom stereocenters. The molecule has 1 aromatic rings. The summed E-state index contributed by atoms with van der Waals surface area (Å²) in [7, 11) is -1.16. The van der Waals surface area contributed by atoms with E-state index >= 15 is 0 Å². The van der Waals surface area contributed by atoms with Crippen LogP contribution in [0.4, 0.5) is 5.69 Å². The molecule has 1 aliphatic heterocycles. The van der Waals surface area contributed by atoms with Gasteiger partial charge in [-0.25, -0.2) is 0 Å². The summed E-state index contributed by atoms with van der Waals surface area (Å²) in [5, 5.41) is 9.79. The van der Waals surface area contributed by atoms with Gasteiger partial charge in [-0.3, -0.25) is 0 Å². The Hall–Kier alpha value is -0.843. The van der Waals surface area contributed by atoms with E-state index in [0.717, 1.165) is 19.5 Å². The van der Waals surface area contributed by atoms with Crippen LogP contribution in [-0.2, 0) is 4.43 Å². The summed E-state index contributed by atoms with van der Waals surface area (Å²) in [5.74, 6) is 0.254. The minimum absolute atomic E-state index is 0.0535. The number of rotatable bonds is 5. The van der Waals surface area contributed by atoms with Crippen molar-refractivity contribution in [3.63, 3.8) is 0 Å². The number of aliphatic hydroxyl groups excluding tert-OH is 1. The quantitative estimate of drug-likeness (QED) is 0.823. The molecule has 0 fully saturated rings. The summed E-state index contributed by atoms with van der Waals surface area (Å²) >= 11 is 0. The van der Waals surface area contributed by atoms with E-state index in [0.29, 0.717) is 0 Å². The van der Waals surface area contributed by atoms with Gasteiger partial charge in [0.15, 0.2) is 9.04 Å². The highest BCUT2D eigenvalue weighted by Gasteiger charge is 2.34. The van der Waals surface area contributed by atoms with Crippen molar-refractivity contribution < 1.29 is 9.53 Å². The first-order valence-electron chi connectivity index (χ1n) is 8.93. The van der Waals surface area contributed by atoms with Gasteiger partial charge >= 0.3 is 0 Å². The highest BCUT2D eigenvalue weighted by molar-refractivity contribution is 6.48. The predicted octanol–water partition coefficient (Wildman–Crippen LogP) is 4.08. The fourth-order valence-corrected chi connectivity index (χ4v) is 4.69. The molecule has 2 rings (SSSR count). The van der Waals surface area contributed by atoms with E-state index in [-0.39, 0.29) is 24.0 Å². The summed E-state index contributed by atoms with van der Waals surface area (Å²) in [4.78, 5) is 2.46. The molecule has 0 radical (unpaired) electrons. The Kier molecular flexibility index (Phi) is 5.92. The van der Waals surface area contributed by atoms with Crippen LogP contribution in [0.5, 0.6) is 0 Å². The summed E-state index contributed by atoms with van der Waals surface area (Å²) in [6, 6.07) is 6.56. The van der Waals surface area contributed by atoms with Crippen molar-refractivity contribution in [2.45, 2.75) is 59.2 Å². The first-order valence-corrected chi connectivity index (χ1v) is 11.7. The third kappa shape index (κ3) is 3.98. The average Bonchev–Trinajstić information content (AvgIpc) is 2.49. The maximum atomic E-state index is 9.79. The van der Waals surface area contributed by atoms with Crippen LogP contribution in [0.25, 0.3) is 0 Å². The average molecular weight is 336 g/mol. The molecular weight excluding hydrogens is 302 g/mol. The molecule has 0 aliphatic carbocycles. The minimum atomic E-state index is -1.16. The maximum Gasteiger partial charge on any atom is 0.171 e. The van der Waals surface area contributed by atoms with Gasteiger partial charge < -0.3 is 14.4 Å². The Labute approximate surface area is 143 Å². The van der Waals surface area contributed by atoms with E-state index < -0.39 is 9.04 Å². The SMILES string of the molecule is CCN1CCC(CO)c2cccc(C(O[SiH](C)C)C(C)(C)C)c21. The second-order valence-corrected chi connectivity index (χ2v) is 10.3. The van der Waals surface area contributed by atoms with E-state index in [1.54, 1.807) is 0 Å². The fourth-order valence-electron chi connectivity index (χ4n) is 3.59. The topological polar surface area (TPSA) is 32.7 Å². The molecule has 1 aliphatic rings. The lowest BCUT2D eigenvalue weighted by Crippen LogP contribution is -2.35. The second-order valence-electron chi connectivity index (χ2n) is 7.96. The van der Waals surface area contributed by atoms with Crippen molar-refractivity contribution in [2.24, 2.45) is 5.41 Å². The number of fused-ring (bicyclic) bond motifs is 1. The zero-order chi connectivity index (χ0) is 17.2. The summed E-state index contributed by atoms with van der Waals surface area (Å²) in [6.45, 7) is 15.7. The third-order valence-corrected chi connectivity index (χ3v) is 5.50. The van der Waals surface area contributed by atoms with Crippen LogP contribution in [0.15, 0.2) is 18.2 Å². The predicted molar refractivity (Wildman–Crippen MR) is 101 cm³/mol. The second kappa shape index (κ2) is 7.37. The van der Waals surface area contributed by atoms with E-state index in [1.165, 1.54) is 16.8 Å². The highest BCUT2D eigenvalue weighted by Crippen LogP contribution is 2.45. The fraction of sp³-hybridized carbons (Fsp3) is 0.684. The number of benzene rings is 1. The summed E-state index contributed by atoms with van der Waals surface area (Å²) < 4.78 is 6.48. The third-order valence-electron chi connectivity index (χ3n) is 4.68. The molecule has 130 valence electrons. The maximum absolute atomic E-state index is 9.79. The highest BCUT2D eigenvalue weighted by atomic mass is 28.3. The molecule has 4 heteroatoms. The van der Waals surface area contributed by atoms with Crippen LogP contribution in [0.1, 0.15) is 57.3 Å². The first-order chi connectivity index (χ1) is 10.8. The van der Waals surface area contributed by atoms with Gasteiger partial charge in [0.1, 0.15) is 0 Å². The van der Waals surface area contributed by atoms with Gasteiger partial charge in [0.25, 0.3) is 0 Å². The van der Waals surface area contributed by atoms with Crippen molar-refractivity contribution >= 4 is 14.7 Å².